The molecule has 0 aliphatic heterocycles. The Hall–Kier alpha value is -2.35. The first-order chi connectivity index (χ1) is 9.94. The topological polar surface area (TPSA) is 90.3 Å². The highest BCUT2D eigenvalue weighted by atomic mass is 32.2. The Kier molecular flexibility index (Phi) is 4.59. The number of sulfonamides is 1. The van der Waals surface area contributed by atoms with Gasteiger partial charge in [-0.15, -0.1) is 0 Å². The highest BCUT2D eigenvalue weighted by molar-refractivity contribution is 7.89. The lowest BCUT2D eigenvalue weighted by molar-refractivity contribution is 0.0981. The number of amides is 1. The number of imidazole rings is 1. The van der Waals surface area contributed by atoms with Gasteiger partial charge in [0.1, 0.15) is 12.4 Å². The molecule has 1 heterocycles. The third kappa shape index (κ3) is 4.92. The Bertz CT molecular complexity index is 694. The van der Waals surface area contributed by atoms with Crippen LogP contribution in [0.4, 0.5) is 0 Å². The maximum Gasteiger partial charge on any atom is 0.264 e. The van der Waals surface area contributed by atoms with Gasteiger partial charge in [0.2, 0.25) is 10.0 Å². The van der Waals surface area contributed by atoms with E-state index in [2.05, 4.69) is 4.98 Å². The molecule has 21 heavy (non-hydrogen) atoms. The largest absolute Gasteiger partial charge is 0.492 e. The molecule has 1 amide bonds. The molecule has 1 N–H and O–H groups in total. The minimum Gasteiger partial charge on any atom is -0.492 e. The summed E-state index contributed by atoms with van der Waals surface area (Å²) in [5, 5.41) is 0. The van der Waals surface area contributed by atoms with Gasteiger partial charge in [-0.1, -0.05) is 0 Å². The molecule has 0 spiro atoms. The van der Waals surface area contributed by atoms with E-state index < -0.39 is 15.9 Å². The first kappa shape index (κ1) is 15.0. The number of rotatable bonds is 6. The number of nitrogens with zero attached hydrogens (tertiary/aromatic N) is 2. The van der Waals surface area contributed by atoms with Crippen LogP contribution in [-0.4, -0.2) is 36.7 Å². The number of carbonyl (C=O) groups excluding carboxylic acids is 1. The number of hydrogen-bond acceptors (Lipinski definition) is 5. The quantitative estimate of drug-likeness (QED) is 0.846. The highest BCUT2D eigenvalue weighted by Crippen LogP contribution is 2.12. The fourth-order valence-corrected chi connectivity index (χ4v) is 2.07. The summed E-state index contributed by atoms with van der Waals surface area (Å²) in [6.07, 6.45) is 6.15. The lowest BCUT2D eigenvalue weighted by Crippen LogP contribution is -2.29. The molecule has 0 bridgehead atoms. The maximum absolute atomic E-state index is 11.6. The van der Waals surface area contributed by atoms with E-state index in [4.69, 9.17) is 4.74 Å². The zero-order valence-corrected chi connectivity index (χ0v) is 12.2. The van der Waals surface area contributed by atoms with E-state index in [0.717, 1.165) is 6.26 Å². The number of carbonyl (C=O) groups is 1. The van der Waals surface area contributed by atoms with E-state index in [1.165, 1.54) is 12.1 Å². The van der Waals surface area contributed by atoms with Gasteiger partial charge in [-0.05, 0) is 24.3 Å². The van der Waals surface area contributed by atoms with Crippen LogP contribution in [0.25, 0.3) is 0 Å². The molecule has 0 atom stereocenters. The smallest absolute Gasteiger partial charge is 0.264 e. The lowest BCUT2D eigenvalue weighted by Gasteiger charge is -2.07. The van der Waals surface area contributed by atoms with Gasteiger partial charge in [0.15, 0.2) is 0 Å². The maximum atomic E-state index is 11.6. The van der Waals surface area contributed by atoms with Gasteiger partial charge in [0.05, 0.1) is 19.1 Å². The monoisotopic (exact) mass is 309 g/mol. The van der Waals surface area contributed by atoms with Crippen LogP contribution < -0.4 is 9.46 Å². The molecular weight excluding hydrogens is 294 g/mol. The summed E-state index contributed by atoms with van der Waals surface area (Å²) >= 11 is 0. The van der Waals surface area contributed by atoms with Crippen molar-refractivity contribution in [2.45, 2.75) is 6.54 Å². The molecule has 0 saturated carbocycles. The number of nitrogens with one attached hydrogen (secondary N) is 1. The van der Waals surface area contributed by atoms with Gasteiger partial charge < -0.3 is 9.30 Å². The molecule has 0 aliphatic rings. The third-order valence-corrected chi connectivity index (χ3v) is 3.13. The van der Waals surface area contributed by atoms with E-state index in [9.17, 15) is 13.2 Å². The van der Waals surface area contributed by atoms with Gasteiger partial charge >= 0.3 is 0 Å². The van der Waals surface area contributed by atoms with E-state index >= 15 is 0 Å². The van der Waals surface area contributed by atoms with Crippen molar-refractivity contribution in [1.29, 1.82) is 0 Å². The van der Waals surface area contributed by atoms with Gasteiger partial charge in [-0.2, -0.15) is 0 Å². The molecule has 1 aromatic carbocycles. The van der Waals surface area contributed by atoms with Crippen LogP contribution in [0.15, 0.2) is 43.0 Å². The fourth-order valence-electron chi connectivity index (χ4n) is 1.62. The molecule has 7 nitrogen and oxygen atoms in total. The Balaban J connectivity index is 1.88. The normalized spacial score (nSPS) is 11.1. The Morgan fingerprint density at radius 3 is 2.62 bits per heavy atom. The molecule has 1 aromatic heterocycles. The van der Waals surface area contributed by atoms with E-state index in [1.807, 2.05) is 15.5 Å². The number of benzene rings is 1. The molecule has 2 rings (SSSR count). The third-order valence-electron chi connectivity index (χ3n) is 2.57. The van der Waals surface area contributed by atoms with E-state index in [1.54, 1.807) is 24.7 Å². The zero-order chi connectivity index (χ0) is 15.3. The summed E-state index contributed by atoms with van der Waals surface area (Å²) in [5.41, 5.74) is 0.252. The molecule has 2 aromatic rings. The van der Waals surface area contributed by atoms with E-state index in [0.29, 0.717) is 18.9 Å². The van der Waals surface area contributed by atoms with Crippen molar-refractivity contribution in [2.24, 2.45) is 0 Å². The van der Waals surface area contributed by atoms with Crippen molar-refractivity contribution < 1.29 is 17.9 Å². The van der Waals surface area contributed by atoms with Gasteiger partial charge in [0, 0.05) is 18.0 Å². The van der Waals surface area contributed by atoms with Gasteiger partial charge in [0.25, 0.3) is 5.91 Å². The standard InChI is InChI=1S/C13H15N3O4S/c1-21(18,19)15-13(17)11-2-4-12(5-3-11)20-9-8-16-7-6-14-10-16/h2-7,10H,8-9H2,1H3,(H,15,17). The molecule has 0 aliphatic carbocycles. The van der Waals surface area contributed by atoms with Crippen LogP contribution in [0.5, 0.6) is 5.75 Å². The first-order valence-electron chi connectivity index (χ1n) is 6.15. The average molecular weight is 309 g/mol. The molecule has 8 heteroatoms. The van der Waals surface area contributed by atoms with Crippen LogP contribution in [-0.2, 0) is 16.6 Å². The van der Waals surface area contributed by atoms with Crippen molar-refractivity contribution in [2.75, 3.05) is 12.9 Å². The minimum atomic E-state index is -3.56. The SMILES string of the molecule is CS(=O)(=O)NC(=O)c1ccc(OCCn2ccnc2)cc1. The second-order valence-corrected chi connectivity index (χ2v) is 6.13. The van der Waals surface area contributed by atoms with Crippen LogP contribution >= 0.6 is 0 Å². The van der Waals surface area contributed by atoms with Crippen molar-refractivity contribution in [1.82, 2.24) is 14.3 Å². The van der Waals surface area contributed by atoms with Crippen LogP contribution in [0.1, 0.15) is 10.4 Å². The molecule has 0 saturated heterocycles. The second-order valence-electron chi connectivity index (χ2n) is 4.38. The summed E-state index contributed by atoms with van der Waals surface area (Å²) in [4.78, 5) is 15.5. The Morgan fingerprint density at radius 1 is 1.33 bits per heavy atom. The minimum absolute atomic E-state index is 0.252. The number of ether oxygens (including phenoxy) is 1. The van der Waals surface area contributed by atoms with Crippen molar-refractivity contribution in [3.05, 3.63) is 48.5 Å². The molecule has 0 unspecified atom stereocenters. The summed E-state index contributed by atoms with van der Waals surface area (Å²) in [5.74, 6) is -0.0616. The molecule has 112 valence electrons. The Morgan fingerprint density at radius 2 is 2.05 bits per heavy atom. The average Bonchev–Trinajstić information content (AvgIpc) is 2.91. The molecule has 0 radical (unpaired) electrons. The van der Waals surface area contributed by atoms with Crippen LogP contribution in [0, 0.1) is 0 Å². The summed E-state index contributed by atoms with van der Waals surface area (Å²) in [6.45, 7) is 1.13. The van der Waals surface area contributed by atoms with Crippen molar-refractivity contribution in [3.63, 3.8) is 0 Å². The number of aromatic nitrogens is 2. The predicted octanol–water partition coefficient (Wildman–Crippen LogP) is 0.651. The molecule has 0 fully saturated rings. The van der Waals surface area contributed by atoms with Crippen molar-refractivity contribution >= 4 is 15.9 Å². The fraction of sp³-hybridized carbons (Fsp3) is 0.231. The summed E-state index contributed by atoms with van der Waals surface area (Å²) < 4.78 is 31.2. The zero-order valence-electron chi connectivity index (χ0n) is 11.4. The van der Waals surface area contributed by atoms with Gasteiger partial charge in [-0.25, -0.2) is 18.1 Å². The predicted molar refractivity (Wildman–Crippen MR) is 76.5 cm³/mol. The highest BCUT2D eigenvalue weighted by Gasteiger charge is 2.10. The lowest BCUT2D eigenvalue weighted by atomic mass is 10.2. The molecular formula is C13H15N3O4S. The van der Waals surface area contributed by atoms with Crippen LogP contribution in [0.3, 0.4) is 0 Å². The van der Waals surface area contributed by atoms with Crippen LogP contribution in [0.2, 0.25) is 0 Å². The first-order valence-corrected chi connectivity index (χ1v) is 8.04. The summed E-state index contributed by atoms with van der Waals surface area (Å²) in [6, 6.07) is 6.25. The van der Waals surface area contributed by atoms with E-state index in [-0.39, 0.29) is 5.56 Å². The van der Waals surface area contributed by atoms with Crippen molar-refractivity contribution in [3.8, 4) is 5.75 Å². The number of hydrogen-bond donors (Lipinski definition) is 1. The summed E-state index contributed by atoms with van der Waals surface area (Å²) in [7, 11) is -3.56. The Labute approximate surface area is 122 Å². The second kappa shape index (κ2) is 6.40. The van der Waals surface area contributed by atoms with Gasteiger partial charge in [-0.3, -0.25) is 4.79 Å².